The summed E-state index contributed by atoms with van der Waals surface area (Å²) in [6.07, 6.45) is 3.22. The van der Waals surface area contributed by atoms with Gasteiger partial charge in [-0.1, -0.05) is 11.6 Å². The number of rotatable bonds is 2. The smallest absolute Gasteiger partial charge is 0.252 e. The molecule has 3 fully saturated rings. The lowest BCUT2D eigenvalue weighted by molar-refractivity contribution is -0.0438. The zero-order chi connectivity index (χ0) is 12.2. The summed E-state index contributed by atoms with van der Waals surface area (Å²) >= 11 is 8.87. The van der Waals surface area contributed by atoms with Gasteiger partial charge in [0.25, 0.3) is 5.91 Å². The Morgan fingerprint density at radius 1 is 1.47 bits per heavy atom. The van der Waals surface area contributed by atoms with Crippen LogP contribution in [0.1, 0.15) is 29.6 Å². The summed E-state index contributed by atoms with van der Waals surface area (Å²) in [5.41, 5.74) is 0.406. The van der Waals surface area contributed by atoms with Gasteiger partial charge < -0.3 is 5.32 Å². The quantitative estimate of drug-likeness (QED) is 0.831. The highest BCUT2D eigenvalue weighted by molar-refractivity contribution is 9.10. The first-order chi connectivity index (χ1) is 7.99. The van der Waals surface area contributed by atoms with Crippen molar-refractivity contribution in [2.75, 3.05) is 0 Å². The summed E-state index contributed by atoms with van der Waals surface area (Å²) in [6, 6.07) is 2.58. The van der Waals surface area contributed by atoms with Crippen LogP contribution < -0.4 is 5.32 Å². The van der Waals surface area contributed by atoms with E-state index in [-0.39, 0.29) is 16.5 Å². The molecule has 3 aliphatic rings. The fourth-order valence-corrected chi connectivity index (χ4v) is 3.30. The molecule has 2 bridgehead atoms. The summed E-state index contributed by atoms with van der Waals surface area (Å²) in [5, 5.41) is 2.98. The fourth-order valence-electron chi connectivity index (χ4n) is 2.64. The van der Waals surface area contributed by atoms with E-state index in [4.69, 9.17) is 11.6 Å². The molecule has 0 radical (unpaired) electrons. The lowest BCUT2D eigenvalue weighted by Crippen LogP contribution is -2.68. The van der Waals surface area contributed by atoms with Crippen LogP contribution in [0.3, 0.4) is 0 Å². The summed E-state index contributed by atoms with van der Waals surface area (Å²) in [7, 11) is 0. The van der Waals surface area contributed by atoms with Gasteiger partial charge in [0.2, 0.25) is 0 Å². The molecule has 2 nitrogen and oxygen atoms in total. The van der Waals surface area contributed by atoms with Crippen LogP contribution in [0.5, 0.6) is 0 Å². The Labute approximate surface area is 112 Å². The van der Waals surface area contributed by atoms with Crippen LogP contribution in [0.15, 0.2) is 16.6 Å². The first-order valence-electron chi connectivity index (χ1n) is 5.46. The predicted octanol–water partition coefficient (Wildman–Crippen LogP) is 3.52. The maximum atomic E-state index is 13.2. The van der Waals surface area contributed by atoms with Gasteiger partial charge in [0.1, 0.15) is 5.82 Å². The number of halogens is 3. The lowest BCUT2D eigenvalue weighted by atomic mass is 9.50. The molecule has 1 aromatic carbocycles. The molecule has 0 atom stereocenters. The van der Waals surface area contributed by atoms with Gasteiger partial charge in [0, 0.05) is 10.0 Å². The predicted molar refractivity (Wildman–Crippen MR) is 66.6 cm³/mol. The maximum absolute atomic E-state index is 13.2. The highest BCUT2D eigenvalue weighted by atomic mass is 79.9. The third-order valence-electron chi connectivity index (χ3n) is 3.67. The molecular formula is C12H10BrClFNO. The third-order valence-corrected chi connectivity index (χ3v) is 4.62. The van der Waals surface area contributed by atoms with Crippen LogP contribution in [0, 0.1) is 11.7 Å². The number of nitrogens with one attached hydrogen (secondary N) is 1. The molecule has 0 saturated heterocycles. The second kappa shape index (κ2) is 3.69. The van der Waals surface area contributed by atoms with E-state index in [1.807, 2.05) is 0 Å². The van der Waals surface area contributed by atoms with E-state index in [0.29, 0.717) is 10.0 Å². The van der Waals surface area contributed by atoms with Crippen LogP contribution in [0.25, 0.3) is 0 Å². The van der Waals surface area contributed by atoms with E-state index in [1.54, 1.807) is 0 Å². The number of benzene rings is 1. The Kier molecular flexibility index (Phi) is 2.49. The highest BCUT2D eigenvalue weighted by Gasteiger charge is 2.57. The van der Waals surface area contributed by atoms with Crippen molar-refractivity contribution in [3.05, 3.63) is 33.0 Å². The Balaban J connectivity index is 1.83. The van der Waals surface area contributed by atoms with Crippen molar-refractivity contribution in [3.63, 3.8) is 0 Å². The van der Waals surface area contributed by atoms with Crippen LogP contribution in [-0.2, 0) is 0 Å². The van der Waals surface area contributed by atoms with Gasteiger partial charge in [0.05, 0.1) is 10.6 Å². The first-order valence-corrected chi connectivity index (χ1v) is 6.63. The number of carbonyl (C=O) groups is 1. The van der Waals surface area contributed by atoms with Crippen molar-refractivity contribution in [3.8, 4) is 0 Å². The normalized spacial score (nSPS) is 29.2. The van der Waals surface area contributed by atoms with Gasteiger partial charge in [-0.05, 0) is 53.2 Å². The Bertz CT molecular complexity index is 502. The minimum absolute atomic E-state index is 0.0159. The minimum Gasteiger partial charge on any atom is -0.347 e. The monoisotopic (exact) mass is 317 g/mol. The fraction of sp³-hybridized carbons (Fsp3) is 0.417. The van der Waals surface area contributed by atoms with Crippen molar-refractivity contribution < 1.29 is 9.18 Å². The average molecular weight is 319 g/mol. The average Bonchev–Trinajstić information content (AvgIpc) is 2.15. The highest BCUT2D eigenvalue weighted by Crippen LogP contribution is 2.57. The molecule has 1 amide bonds. The van der Waals surface area contributed by atoms with Crippen LogP contribution in [-0.4, -0.2) is 11.4 Å². The van der Waals surface area contributed by atoms with E-state index in [1.165, 1.54) is 12.1 Å². The van der Waals surface area contributed by atoms with Crippen molar-refractivity contribution >= 4 is 33.4 Å². The van der Waals surface area contributed by atoms with Crippen LogP contribution in [0.2, 0.25) is 5.02 Å². The van der Waals surface area contributed by atoms with Gasteiger partial charge >= 0.3 is 0 Å². The summed E-state index contributed by atoms with van der Waals surface area (Å²) in [4.78, 5) is 12.0. The lowest BCUT2D eigenvalue weighted by Gasteiger charge is -2.61. The van der Waals surface area contributed by atoms with Gasteiger partial charge in [-0.25, -0.2) is 4.39 Å². The number of amides is 1. The van der Waals surface area contributed by atoms with E-state index < -0.39 is 5.82 Å². The molecule has 17 heavy (non-hydrogen) atoms. The van der Waals surface area contributed by atoms with Crippen LogP contribution in [0.4, 0.5) is 4.39 Å². The van der Waals surface area contributed by atoms with Gasteiger partial charge in [-0.2, -0.15) is 0 Å². The zero-order valence-corrected chi connectivity index (χ0v) is 11.2. The summed E-state index contributed by atoms with van der Waals surface area (Å²) < 4.78 is 13.6. The number of carbonyl (C=O) groups excluding carboxylic acids is 1. The summed E-state index contributed by atoms with van der Waals surface area (Å²) in [6.45, 7) is 0. The van der Waals surface area contributed by atoms with Crippen molar-refractivity contribution in [2.45, 2.75) is 24.8 Å². The molecule has 1 aromatic rings. The molecule has 4 rings (SSSR count). The number of hydrogen-bond acceptors (Lipinski definition) is 1. The second-order valence-corrected chi connectivity index (χ2v) is 6.22. The van der Waals surface area contributed by atoms with E-state index in [9.17, 15) is 9.18 Å². The molecular weight excluding hydrogens is 308 g/mol. The molecule has 5 heteroatoms. The van der Waals surface area contributed by atoms with Crippen molar-refractivity contribution in [1.29, 1.82) is 0 Å². The van der Waals surface area contributed by atoms with Crippen LogP contribution >= 0.6 is 27.5 Å². The SMILES string of the molecule is O=C(NC12CC(C1)C2)c1cc(Cl)c(F)cc1Br. The Hall–Kier alpha value is -0.610. The largest absolute Gasteiger partial charge is 0.347 e. The van der Waals surface area contributed by atoms with Gasteiger partial charge in [0.15, 0.2) is 0 Å². The topological polar surface area (TPSA) is 29.1 Å². The molecule has 0 heterocycles. The molecule has 0 unspecified atom stereocenters. The molecule has 3 saturated carbocycles. The molecule has 90 valence electrons. The van der Waals surface area contributed by atoms with Crippen molar-refractivity contribution in [2.24, 2.45) is 5.92 Å². The van der Waals surface area contributed by atoms with Gasteiger partial charge in [-0.15, -0.1) is 0 Å². The second-order valence-electron chi connectivity index (χ2n) is 4.96. The standard InChI is InChI=1S/C12H10BrClFNO/c13-8-2-10(15)9(14)1-7(8)11(17)16-12-3-6(4-12)5-12/h1-2,6H,3-5H2,(H,16,17). The van der Waals surface area contributed by atoms with E-state index in [0.717, 1.165) is 25.2 Å². The molecule has 0 aromatic heterocycles. The Morgan fingerprint density at radius 3 is 2.65 bits per heavy atom. The zero-order valence-electron chi connectivity index (χ0n) is 8.90. The van der Waals surface area contributed by atoms with E-state index in [2.05, 4.69) is 21.2 Å². The summed E-state index contributed by atoms with van der Waals surface area (Å²) in [5.74, 6) is 0.0908. The van der Waals surface area contributed by atoms with E-state index >= 15 is 0 Å². The third kappa shape index (κ3) is 1.78. The minimum atomic E-state index is -0.527. The molecule has 1 N–H and O–H groups in total. The molecule has 3 aliphatic carbocycles. The first kappa shape index (κ1) is 11.5. The molecule has 0 aliphatic heterocycles. The van der Waals surface area contributed by atoms with Gasteiger partial charge in [-0.3, -0.25) is 4.79 Å². The molecule has 0 spiro atoms. The Morgan fingerprint density at radius 2 is 2.12 bits per heavy atom. The number of hydrogen-bond donors (Lipinski definition) is 1. The maximum Gasteiger partial charge on any atom is 0.252 e. The van der Waals surface area contributed by atoms with Crippen molar-refractivity contribution in [1.82, 2.24) is 5.32 Å².